The average molecular weight is 438 g/mol. The number of rotatable bonds is 7. The Kier molecular flexibility index (Phi) is 7.89. The lowest BCUT2D eigenvalue weighted by atomic mass is 10.0. The second kappa shape index (κ2) is 9.98. The highest BCUT2D eigenvalue weighted by atomic mass is 35.5. The molecule has 1 amide bonds. The van der Waals surface area contributed by atoms with Gasteiger partial charge in [0.05, 0.1) is 5.02 Å². The highest BCUT2D eigenvalue weighted by molar-refractivity contribution is 6.33. The summed E-state index contributed by atoms with van der Waals surface area (Å²) in [5.74, 6) is -0.650. The summed E-state index contributed by atoms with van der Waals surface area (Å²) >= 11 is 6.32. The standard InChI is InChI=1S/C22H28ClNO6/c1-6-8-9-13-10-19(25)28-17-12-18(15(23)11-14(13)17)29-20(26)16(7-2)24-21(27)30-22(3,4)5/h10-12,16H,6-9H2,1-5H3,(H,24,27). The number of nitrogens with one attached hydrogen (secondary N) is 1. The molecule has 8 heteroatoms. The van der Waals surface area contributed by atoms with Gasteiger partial charge < -0.3 is 19.2 Å². The van der Waals surface area contributed by atoms with E-state index >= 15 is 0 Å². The zero-order valence-corrected chi connectivity index (χ0v) is 18.7. The number of amides is 1. The second-order valence-corrected chi connectivity index (χ2v) is 8.41. The Morgan fingerprint density at radius 3 is 2.50 bits per heavy atom. The molecular formula is C22H28ClNO6. The van der Waals surface area contributed by atoms with Gasteiger partial charge in [-0.15, -0.1) is 0 Å². The molecule has 30 heavy (non-hydrogen) atoms. The van der Waals surface area contributed by atoms with Crippen LogP contribution in [0.4, 0.5) is 4.79 Å². The van der Waals surface area contributed by atoms with E-state index in [0.717, 1.165) is 18.4 Å². The number of carbonyl (C=O) groups is 2. The van der Waals surface area contributed by atoms with Crippen LogP contribution in [0, 0.1) is 0 Å². The summed E-state index contributed by atoms with van der Waals surface area (Å²) in [4.78, 5) is 36.4. The highest BCUT2D eigenvalue weighted by Gasteiger charge is 2.25. The fourth-order valence-electron chi connectivity index (χ4n) is 2.84. The number of ether oxygens (including phenoxy) is 2. The number of benzene rings is 1. The summed E-state index contributed by atoms with van der Waals surface area (Å²) in [5, 5.41) is 3.39. The van der Waals surface area contributed by atoms with E-state index in [-0.39, 0.29) is 16.4 Å². The number of alkyl carbamates (subject to hydrolysis) is 1. The minimum atomic E-state index is -0.922. The van der Waals surface area contributed by atoms with Crippen LogP contribution >= 0.6 is 11.6 Å². The zero-order chi connectivity index (χ0) is 22.5. The lowest BCUT2D eigenvalue weighted by molar-refractivity contribution is -0.136. The van der Waals surface area contributed by atoms with Gasteiger partial charge in [-0.3, -0.25) is 0 Å². The van der Waals surface area contributed by atoms with Crippen LogP contribution in [0.1, 0.15) is 59.4 Å². The van der Waals surface area contributed by atoms with Crippen molar-refractivity contribution in [2.24, 2.45) is 0 Å². The van der Waals surface area contributed by atoms with Crippen LogP contribution in [0.3, 0.4) is 0 Å². The molecule has 1 unspecified atom stereocenters. The highest BCUT2D eigenvalue weighted by Crippen LogP contribution is 2.32. The van der Waals surface area contributed by atoms with Crippen LogP contribution in [0.2, 0.25) is 5.02 Å². The number of aryl methyl sites for hydroxylation is 1. The SMILES string of the molecule is CCCCc1cc(=O)oc2cc(OC(=O)C(CC)NC(=O)OC(C)(C)C)c(Cl)cc12. The molecule has 0 radical (unpaired) electrons. The third-order valence-electron chi connectivity index (χ3n) is 4.28. The smallest absolute Gasteiger partial charge is 0.408 e. The molecular weight excluding hydrogens is 410 g/mol. The predicted molar refractivity (Wildman–Crippen MR) is 115 cm³/mol. The summed E-state index contributed by atoms with van der Waals surface area (Å²) in [5.41, 5.74) is -0.0536. The van der Waals surface area contributed by atoms with Crippen molar-refractivity contribution in [1.82, 2.24) is 5.32 Å². The van der Waals surface area contributed by atoms with E-state index in [0.29, 0.717) is 18.2 Å². The minimum Gasteiger partial charge on any atom is -0.444 e. The molecule has 0 saturated carbocycles. The predicted octanol–water partition coefficient (Wildman–Crippen LogP) is 5.00. The normalized spacial score (nSPS) is 12.5. The van der Waals surface area contributed by atoms with Crippen molar-refractivity contribution in [3.8, 4) is 5.75 Å². The number of hydrogen-bond acceptors (Lipinski definition) is 6. The maximum Gasteiger partial charge on any atom is 0.408 e. The van der Waals surface area contributed by atoms with Gasteiger partial charge in [-0.1, -0.05) is 31.9 Å². The summed E-state index contributed by atoms with van der Waals surface area (Å²) in [7, 11) is 0. The van der Waals surface area contributed by atoms with Gasteiger partial charge in [0.1, 0.15) is 17.2 Å². The molecule has 0 aliphatic carbocycles. The Bertz CT molecular complexity index is 976. The molecule has 0 bridgehead atoms. The largest absolute Gasteiger partial charge is 0.444 e. The number of esters is 1. The fourth-order valence-corrected chi connectivity index (χ4v) is 3.04. The molecule has 1 aromatic heterocycles. The van der Waals surface area contributed by atoms with E-state index in [1.54, 1.807) is 33.8 Å². The molecule has 0 saturated heterocycles. The second-order valence-electron chi connectivity index (χ2n) is 8.00. The van der Waals surface area contributed by atoms with Gasteiger partial charge in [-0.05, 0) is 51.7 Å². The van der Waals surface area contributed by atoms with Crippen molar-refractivity contribution in [3.63, 3.8) is 0 Å². The monoisotopic (exact) mass is 437 g/mol. The van der Waals surface area contributed by atoms with E-state index in [2.05, 4.69) is 12.2 Å². The molecule has 7 nitrogen and oxygen atoms in total. The third-order valence-corrected chi connectivity index (χ3v) is 4.57. The van der Waals surface area contributed by atoms with Crippen LogP contribution in [0.5, 0.6) is 5.75 Å². The van der Waals surface area contributed by atoms with Crippen LogP contribution in [0.15, 0.2) is 27.4 Å². The molecule has 164 valence electrons. The molecule has 0 spiro atoms. The van der Waals surface area contributed by atoms with Crippen LogP contribution in [-0.4, -0.2) is 23.7 Å². The van der Waals surface area contributed by atoms with Crippen LogP contribution in [0.25, 0.3) is 11.0 Å². The summed E-state index contributed by atoms with van der Waals surface area (Å²) < 4.78 is 15.8. The van der Waals surface area contributed by atoms with Gasteiger partial charge in [0.15, 0.2) is 5.75 Å². The molecule has 1 aromatic carbocycles. The first kappa shape index (κ1) is 23.7. The van der Waals surface area contributed by atoms with Gasteiger partial charge in [-0.2, -0.15) is 0 Å². The van der Waals surface area contributed by atoms with Gasteiger partial charge in [0.2, 0.25) is 0 Å². The maximum absolute atomic E-state index is 12.6. The molecule has 0 fully saturated rings. The van der Waals surface area contributed by atoms with Gasteiger partial charge in [0, 0.05) is 17.5 Å². The molecule has 1 N–H and O–H groups in total. The maximum atomic E-state index is 12.6. The first-order chi connectivity index (χ1) is 14.0. The number of halogens is 1. The Hall–Kier alpha value is -2.54. The van der Waals surface area contributed by atoms with Gasteiger partial charge >= 0.3 is 17.7 Å². The van der Waals surface area contributed by atoms with Gasteiger partial charge in [0.25, 0.3) is 0 Å². The molecule has 1 heterocycles. The lowest BCUT2D eigenvalue weighted by Gasteiger charge is -2.22. The Balaban J connectivity index is 2.25. The lowest BCUT2D eigenvalue weighted by Crippen LogP contribution is -2.44. The van der Waals surface area contributed by atoms with Crippen molar-refractivity contribution in [1.29, 1.82) is 0 Å². The quantitative estimate of drug-likeness (QED) is 0.372. The van der Waals surface area contributed by atoms with Crippen molar-refractivity contribution >= 4 is 34.6 Å². The van der Waals surface area contributed by atoms with E-state index < -0.39 is 29.3 Å². The first-order valence-corrected chi connectivity index (χ1v) is 10.4. The first-order valence-electron chi connectivity index (χ1n) is 10.0. The van der Waals surface area contributed by atoms with Crippen LogP contribution in [-0.2, 0) is 16.0 Å². The number of unbranched alkanes of at least 4 members (excludes halogenated alkanes) is 1. The van der Waals surface area contributed by atoms with Crippen molar-refractivity contribution in [2.45, 2.75) is 71.9 Å². The third kappa shape index (κ3) is 6.49. The topological polar surface area (TPSA) is 94.8 Å². The average Bonchev–Trinajstić information content (AvgIpc) is 2.63. The number of hydrogen-bond donors (Lipinski definition) is 1. The molecule has 2 aromatic rings. The molecule has 1 atom stereocenters. The Labute approximate surface area is 180 Å². The summed E-state index contributed by atoms with van der Waals surface area (Å²) in [6, 6.07) is 3.58. The number of fused-ring (bicyclic) bond motifs is 1. The Morgan fingerprint density at radius 1 is 1.20 bits per heavy atom. The van der Waals surface area contributed by atoms with E-state index in [9.17, 15) is 14.4 Å². The van der Waals surface area contributed by atoms with Crippen LogP contribution < -0.4 is 15.7 Å². The zero-order valence-electron chi connectivity index (χ0n) is 18.0. The van der Waals surface area contributed by atoms with Crippen molar-refractivity contribution < 1.29 is 23.5 Å². The van der Waals surface area contributed by atoms with Crippen molar-refractivity contribution in [3.05, 3.63) is 39.2 Å². The minimum absolute atomic E-state index is 0.0504. The van der Waals surface area contributed by atoms with E-state index in [1.807, 2.05) is 0 Å². The molecule has 0 aliphatic rings. The molecule has 2 rings (SSSR count). The summed E-state index contributed by atoms with van der Waals surface area (Å²) in [6.45, 7) is 8.97. The fraction of sp³-hybridized carbons (Fsp3) is 0.500. The van der Waals surface area contributed by atoms with Crippen molar-refractivity contribution in [2.75, 3.05) is 0 Å². The summed E-state index contributed by atoms with van der Waals surface area (Å²) in [6.07, 6.45) is 2.18. The Morgan fingerprint density at radius 2 is 1.90 bits per heavy atom. The number of carbonyl (C=O) groups excluding carboxylic acids is 2. The van der Waals surface area contributed by atoms with Gasteiger partial charge in [-0.25, -0.2) is 14.4 Å². The molecule has 0 aliphatic heterocycles. The van der Waals surface area contributed by atoms with E-state index in [4.69, 9.17) is 25.5 Å². The van der Waals surface area contributed by atoms with E-state index in [1.165, 1.54) is 12.1 Å².